The zero-order chi connectivity index (χ0) is 8.69. The van der Waals surface area contributed by atoms with Crippen LogP contribution in [0, 0.1) is 5.92 Å². The summed E-state index contributed by atoms with van der Waals surface area (Å²) in [7, 11) is 0. The summed E-state index contributed by atoms with van der Waals surface area (Å²) in [5.41, 5.74) is 0. The largest absolute Gasteiger partial charge is 0.772 e. The van der Waals surface area contributed by atoms with E-state index in [9.17, 15) is 8.76 Å². The quantitative estimate of drug-likeness (QED) is 0.476. The Morgan fingerprint density at radius 2 is 2.09 bits per heavy atom. The Hall–Kier alpha value is 0.0700. The Labute approximate surface area is 70.9 Å². The van der Waals surface area contributed by atoms with Gasteiger partial charge in [-0.3, -0.25) is 4.21 Å². The van der Waals surface area contributed by atoms with Crippen LogP contribution in [0.4, 0.5) is 0 Å². The molecule has 3 nitrogen and oxygen atoms in total. The van der Waals surface area contributed by atoms with E-state index in [0.717, 1.165) is 13.0 Å². The molecule has 0 spiro atoms. The molecule has 0 aliphatic carbocycles. The Balaban J connectivity index is 2.97. The third-order valence-corrected chi connectivity index (χ3v) is 1.88. The maximum Gasteiger partial charge on any atom is 0.0227 e. The standard InChI is InChI=1S/C7H17NO2S/c1-7(2)3-4-8-5-6-11(9)10/h7-8H,3-6H2,1-2H3,(H,9,10)/p-1. The van der Waals surface area contributed by atoms with Crippen molar-refractivity contribution in [3.63, 3.8) is 0 Å². The van der Waals surface area contributed by atoms with Gasteiger partial charge in [0.05, 0.1) is 0 Å². The van der Waals surface area contributed by atoms with Crippen molar-refractivity contribution in [2.45, 2.75) is 20.3 Å². The van der Waals surface area contributed by atoms with Gasteiger partial charge in [-0.2, -0.15) is 0 Å². The second-order valence-corrected chi connectivity index (χ2v) is 3.96. The van der Waals surface area contributed by atoms with E-state index in [1.54, 1.807) is 0 Å². The van der Waals surface area contributed by atoms with E-state index in [1.165, 1.54) is 0 Å². The van der Waals surface area contributed by atoms with E-state index >= 15 is 0 Å². The van der Waals surface area contributed by atoms with E-state index in [4.69, 9.17) is 0 Å². The Kier molecular flexibility index (Phi) is 6.80. The topological polar surface area (TPSA) is 52.2 Å². The lowest BCUT2D eigenvalue weighted by molar-refractivity contribution is 0.524. The Bertz CT molecular complexity index is 117. The predicted octanol–water partition coefficient (Wildman–Crippen LogP) is 0.501. The molecule has 1 N–H and O–H groups in total. The third kappa shape index (κ3) is 10.1. The van der Waals surface area contributed by atoms with Gasteiger partial charge in [-0.15, -0.1) is 0 Å². The van der Waals surface area contributed by atoms with Crippen LogP contribution in [0.5, 0.6) is 0 Å². The van der Waals surface area contributed by atoms with Crippen molar-refractivity contribution in [1.29, 1.82) is 0 Å². The summed E-state index contributed by atoms with van der Waals surface area (Å²) in [6.45, 7) is 5.78. The smallest absolute Gasteiger partial charge is 0.0227 e. The first-order valence-corrected chi connectivity index (χ1v) is 5.14. The van der Waals surface area contributed by atoms with Gasteiger partial charge in [0, 0.05) is 12.3 Å². The van der Waals surface area contributed by atoms with E-state index in [0.29, 0.717) is 12.5 Å². The van der Waals surface area contributed by atoms with E-state index in [2.05, 4.69) is 19.2 Å². The highest BCUT2D eigenvalue weighted by Crippen LogP contribution is 1.95. The summed E-state index contributed by atoms with van der Waals surface area (Å²) in [6.07, 6.45) is 1.10. The molecule has 0 heterocycles. The van der Waals surface area contributed by atoms with Gasteiger partial charge in [0.15, 0.2) is 0 Å². The Morgan fingerprint density at radius 1 is 1.45 bits per heavy atom. The molecule has 0 bridgehead atoms. The molecule has 0 aromatic rings. The second-order valence-electron chi connectivity index (χ2n) is 2.94. The first kappa shape index (κ1) is 11.1. The molecule has 4 heteroatoms. The van der Waals surface area contributed by atoms with E-state index in [-0.39, 0.29) is 5.75 Å². The van der Waals surface area contributed by atoms with Crippen LogP contribution in [0.15, 0.2) is 0 Å². The van der Waals surface area contributed by atoms with Crippen molar-refractivity contribution in [1.82, 2.24) is 5.32 Å². The van der Waals surface area contributed by atoms with Crippen molar-refractivity contribution in [3.8, 4) is 0 Å². The maximum atomic E-state index is 10.1. The zero-order valence-electron chi connectivity index (χ0n) is 7.13. The molecule has 68 valence electrons. The first-order chi connectivity index (χ1) is 5.13. The SMILES string of the molecule is CC(C)CCNCCS(=O)[O-]. The van der Waals surface area contributed by atoms with Crippen LogP contribution in [0.25, 0.3) is 0 Å². The summed E-state index contributed by atoms with van der Waals surface area (Å²) in [5.74, 6) is 0.901. The number of hydrogen-bond acceptors (Lipinski definition) is 3. The summed E-state index contributed by atoms with van der Waals surface area (Å²) >= 11 is -1.89. The first-order valence-electron chi connectivity index (χ1n) is 3.89. The van der Waals surface area contributed by atoms with Gasteiger partial charge in [0.2, 0.25) is 0 Å². The highest BCUT2D eigenvalue weighted by Gasteiger charge is 1.92. The lowest BCUT2D eigenvalue weighted by atomic mass is 10.1. The summed E-state index contributed by atoms with van der Waals surface area (Å²) < 4.78 is 20.1. The molecule has 1 atom stereocenters. The number of nitrogens with one attached hydrogen (secondary N) is 1. The molecule has 0 rings (SSSR count). The van der Waals surface area contributed by atoms with Gasteiger partial charge in [-0.25, -0.2) is 0 Å². The summed E-state index contributed by atoms with van der Waals surface area (Å²) in [4.78, 5) is 0. The number of rotatable bonds is 6. The lowest BCUT2D eigenvalue weighted by Gasteiger charge is -2.07. The van der Waals surface area contributed by atoms with Crippen molar-refractivity contribution >= 4 is 11.1 Å². The summed E-state index contributed by atoms with van der Waals surface area (Å²) in [5, 5.41) is 3.06. The molecular formula is C7H16NO2S-. The Morgan fingerprint density at radius 3 is 2.55 bits per heavy atom. The average Bonchev–Trinajstić information content (AvgIpc) is 1.85. The van der Waals surface area contributed by atoms with Crippen molar-refractivity contribution in [2.24, 2.45) is 5.92 Å². The highest BCUT2D eigenvalue weighted by atomic mass is 32.2. The lowest BCUT2D eigenvalue weighted by Crippen LogP contribution is -2.22. The monoisotopic (exact) mass is 178 g/mol. The fourth-order valence-corrected chi connectivity index (χ4v) is 0.982. The van der Waals surface area contributed by atoms with Gasteiger partial charge in [-0.05, 0) is 18.9 Å². The second kappa shape index (κ2) is 6.76. The van der Waals surface area contributed by atoms with E-state index in [1.807, 2.05) is 0 Å². The summed E-state index contributed by atoms with van der Waals surface area (Å²) in [6, 6.07) is 0. The molecule has 1 unspecified atom stereocenters. The molecule has 0 aliphatic heterocycles. The van der Waals surface area contributed by atoms with Crippen molar-refractivity contribution in [2.75, 3.05) is 18.8 Å². The van der Waals surface area contributed by atoms with Crippen LogP contribution < -0.4 is 5.32 Å². The van der Waals surface area contributed by atoms with Crippen LogP contribution in [0.2, 0.25) is 0 Å². The van der Waals surface area contributed by atoms with Crippen LogP contribution in [-0.2, 0) is 11.1 Å². The average molecular weight is 178 g/mol. The normalized spacial score (nSPS) is 13.8. The molecule has 0 aliphatic rings. The molecular weight excluding hydrogens is 162 g/mol. The minimum atomic E-state index is -1.89. The highest BCUT2D eigenvalue weighted by molar-refractivity contribution is 7.79. The predicted molar refractivity (Wildman–Crippen MR) is 46.1 cm³/mol. The molecule has 0 saturated heterocycles. The zero-order valence-corrected chi connectivity index (χ0v) is 7.95. The molecule has 0 radical (unpaired) electrons. The molecule has 0 aromatic carbocycles. The van der Waals surface area contributed by atoms with Gasteiger partial charge in [0.1, 0.15) is 0 Å². The molecule has 0 amide bonds. The molecule has 0 saturated carbocycles. The minimum Gasteiger partial charge on any atom is -0.772 e. The van der Waals surface area contributed by atoms with E-state index < -0.39 is 11.1 Å². The molecule has 0 aromatic heterocycles. The molecule has 0 fully saturated rings. The van der Waals surface area contributed by atoms with Crippen LogP contribution in [0.1, 0.15) is 20.3 Å². The van der Waals surface area contributed by atoms with Crippen LogP contribution >= 0.6 is 0 Å². The van der Waals surface area contributed by atoms with Crippen LogP contribution in [0.3, 0.4) is 0 Å². The van der Waals surface area contributed by atoms with Gasteiger partial charge in [0.25, 0.3) is 0 Å². The van der Waals surface area contributed by atoms with Crippen molar-refractivity contribution in [3.05, 3.63) is 0 Å². The fourth-order valence-electron chi connectivity index (χ4n) is 0.671. The number of hydrogen-bond donors (Lipinski definition) is 1. The maximum absolute atomic E-state index is 10.1. The van der Waals surface area contributed by atoms with Gasteiger partial charge in [-0.1, -0.05) is 24.9 Å². The van der Waals surface area contributed by atoms with Gasteiger partial charge < -0.3 is 9.87 Å². The minimum absolute atomic E-state index is 0.220. The molecule has 11 heavy (non-hydrogen) atoms. The third-order valence-electron chi connectivity index (χ3n) is 1.34. The van der Waals surface area contributed by atoms with Crippen molar-refractivity contribution < 1.29 is 8.76 Å². The fraction of sp³-hybridized carbons (Fsp3) is 1.00. The van der Waals surface area contributed by atoms with Gasteiger partial charge >= 0.3 is 0 Å². The van der Waals surface area contributed by atoms with Crippen LogP contribution in [-0.4, -0.2) is 27.6 Å².